The Morgan fingerprint density at radius 2 is 1.55 bits per heavy atom. The second-order valence-corrected chi connectivity index (χ2v) is 9.47. The molecular weight excluding hydrogens is 453 g/mol. The molecule has 0 saturated heterocycles. The van der Waals surface area contributed by atoms with E-state index in [4.69, 9.17) is 0 Å². The SMILES string of the molecule is Cc1ccc(S(=O)(=O)N(CC(=O)N(C)Cc2ccccc2)c2cccc(C(F)(F)F)c2)cc1. The first-order valence-electron chi connectivity index (χ1n) is 10.0. The summed E-state index contributed by atoms with van der Waals surface area (Å²) in [6, 6.07) is 18.9. The molecule has 0 aliphatic carbocycles. The zero-order valence-electron chi connectivity index (χ0n) is 18.1. The van der Waals surface area contributed by atoms with E-state index in [-0.39, 0.29) is 17.1 Å². The van der Waals surface area contributed by atoms with E-state index < -0.39 is 34.2 Å². The van der Waals surface area contributed by atoms with Gasteiger partial charge in [0.25, 0.3) is 10.0 Å². The largest absolute Gasteiger partial charge is 0.416 e. The van der Waals surface area contributed by atoms with Crippen LogP contribution in [0.5, 0.6) is 0 Å². The van der Waals surface area contributed by atoms with Gasteiger partial charge in [0.05, 0.1) is 16.1 Å². The first kappa shape index (κ1) is 24.3. The molecule has 0 fully saturated rings. The van der Waals surface area contributed by atoms with Gasteiger partial charge in [0.15, 0.2) is 0 Å². The van der Waals surface area contributed by atoms with Crippen LogP contribution in [0.4, 0.5) is 18.9 Å². The van der Waals surface area contributed by atoms with E-state index in [2.05, 4.69) is 0 Å². The fourth-order valence-electron chi connectivity index (χ4n) is 3.18. The Balaban J connectivity index is 1.98. The molecule has 0 heterocycles. The fourth-order valence-corrected chi connectivity index (χ4v) is 4.58. The molecule has 3 aromatic carbocycles. The number of hydrogen-bond donors (Lipinski definition) is 0. The molecule has 0 N–H and O–H groups in total. The molecule has 0 bridgehead atoms. The van der Waals surface area contributed by atoms with Gasteiger partial charge >= 0.3 is 6.18 Å². The van der Waals surface area contributed by atoms with Gasteiger partial charge in [0, 0.05) is 13.6 Å². The highest BCUT2D eigenvalue weighted by molar-refractivity contribution is 7.92. The molecule has 0 atom stereocenters. The minimum atomic E-state index is -4.66. The standard InChI is InChI=1S/C24H23F3N2O3S/c1-18-11-13-22(14-12-18)33(31,32)29(21-10-6-9-20(15-21)24(25,26)27)17-23(30)28(2)16-19-7-4-3-5-8-19/h3-15H,16-17H2,1-2H3. The van der Waals surface area contributed by atoms with E-state index in [9.17, 15) is 26.4 Å². The van der Waals surface area contributed by atoms with Gasteiger partial charge in [-0.2, -0.15) is 13.2 Å². The highest BCUT2D eigenvalue weighted by atomic mass is 32.2. The third-order valence-electron chi connectivity index (χ3n) is 5.04. The van der Waals surface area contributed by atoms with Crippen molar-refractivity contribution in [3.8, 4) is 0 Å². The number of carbonyl (C=O) groups excluding carboxylic acids is 1. The van der Waals surface area contributed by atoms with Crippen molar-refractivity contribution in [2.45, 2.75) is 24.5 Å². The molecular formula is C24H23F3N2O3S. The van der Waals surface area contributed by atoms with Crippen LogP contribution in [0, 0.1) is 6.92 Å². The first-order valence-corrected chi connectivity index (χ1v) is 11.5. The smallest absolute Gasteiger partial charge is 0.340 e. The van der Waals surface area contributed by atoms with Crippen molar-refractivity contribution in [1.29, 1.82) is 0 Å². The van der Waals surface area contributed by atoms with E-state index in [1.54, 1.807) is 19.1 Å². The van der Waals surface area contributed by atoms with Gasteiger partial charge in [0.2, 0.25) is 5.91 Å². The number of carbonyl (C=O) groups is 1. The summed E-state index contributed by atoms with van der Waals surface area (Å²) in [6.45, 7) is 1.35. The number of halogens is 3. The Labute approximate surface area is 191 Å². The summed E-state index contributed by atoms with van der Waals surface area (Å²) in [5.41, 5.74) is 0.402. The van der Waals surface area contributed by atoms with Crippen LogP contribution in [0.25, 0.3) is 0 Å². The van der Waals surface area contributed by atoms with Gasteiger partial charge in [-0.05, 0) is 42.8 Å². The van der Waals surface area contributed by atoms with Crippen molar-refractivity contribution in [2.75, 3.05) is 17.9 Å². The minimum absolute atomic E-state index is 0.121. The molecule has 0 aliphatic heterocycles. The van der Waals surface area contributed by atoms with E-state index in [1.807, 2.05) is 30.3 Å². The van der Waals surface area contributed by atoms with Crippen molar-refractivity contribution < 1.29 is 26.4 Å². The summed E-state index contributed by atoms with van der Waals surface area (Å²) < 4.78 is 67.4. The molecule has 0 radical (unpaired) electrons. The number of hydrogen-bond acceptors (Lipinski definition) is 3. The lowest BCUT2D eigenvalue weighted by atomic mass is 10.2. The van der Waals surface area contributed by atoms with Crippen molar-refractivity contribution in [3.63, 3.8) is 0 Å². The van der Waals surface area contributed by atoms with Crippen LogP contribution < -0.4 is 4.31 Å². The molecule has 3 aromatic rings. The monoisotopic (exact) mass is 476 g/mol. The van der Waals surface area contributed by atoms with Crippen molar-refractivity contribution >= 4 is 21.6 Å². The summed E-state index contributed by atoms with van der Waals surface area (Å²) in [6.07, 6.45) is -4.66. The van der Waals surface area contributed by atoms with E-state index in [0.717, 1.165) is 33.6 Å². The van der Waals surface area contributed by atoms with Gasteiger partial charge in [0.1, 0.15) is 6.54 Å². The van der Waals surface area contributed by atoms with Crippen LogP contribution in [0.3, 0.4) is 0 Å². The first-order chi connectivity index (χ1) is 15.5. The van der Waals surface area contributed by atoms with Crippen LogP contribution in [0.1, 0.15) is 16.7 Å². The number of rotatable bonds is 7. The van der Waals surface area contributed by atoms with E-state index in [1.165, 1.54) is 30.1 Å². The normalized spacial score (nSPS) is 11.8. The molecule has 5 nitrogen and oxygen atoms in total. The molecule has 0 unspecified atom stereocenters. The van der Waals surface area contributed by atoms with Gasteiger partial charge in [-0.15, -0.1) is 0 Å². The Morgan fingerprint density at radius 1 is 0.909 bits per heavy atom. The number of alkyl halides is 3. The Bertz CT molecular complexity index is 1210. The zero-order chi connectivity index (χ0) is 24.2. The van der Waals surface area contributed by atoms with Crippen molar-refractivity contribution in [2.24, 2.45) is 0 Å². The predicted molar refractivity (Wildman–Crippen MR) is 120 cm³/mol. The van der Waals surface area contributed by atoms with E-state index in [0.29, 0.717) is 0 Å². The molecule has 33 heavy (non-hydrogen) atoms. The second kappa shape index (κ2) is 9.66. The van der Waals surface area contributed by atoms with E-state index >= 15 is 0 Å². The quantitative estimate of drug-likeness (QED) is 0.489. The van der Waals surface area contributed by atoms with Crippen molar-refractivity contribution in [1.82, 2.24) is 4.90 Å². The van der Waals surface area contributed by atoms with Crippen LogP contribution in [-0.4, -0.2) is 32.8 Å². The number of anilines is 1. The topological polar surface area (TPSA) is 57.7 Å². The third-order valence-corrected chi connectivity index (χ3v) is 6.83. The number of aryl methyl sites for hydroxylation is 1. The molecule has 174 valence electrons. The minimum Gasteiger partial charge on any atom is -0.340 e. The molecule has 0 saturated carbocycles. The maximum atomic E-state index is 13.4. The highest BCUT2D eigenvalue weighted by Gasteiger charge is 2.33. The number of amides is 1. The lowest BCUT2D eigenvalue weighted by Crippen LogP contribution is -2.41. The fraction of sp³-hybridized carbons (Fsp3) is 0.208. The van der Waals surface area contributed by atoms with Crippen LogP contribution in [0.15, 0.2) is 83.8 Å². The lowest BCUT2D eigenvalue weighted by molar-refractivity contribution is -0.137. The highest BCUT2D eigenvalue weighted by Crippen LogP contribution is 2.33. The lowest BCUT2D eigenvalue weighted by Gasteiger charge is -2.27. The number of likely N-dealkylation sites (N-methyl/N-ethyl adjacent to an activating group) is 1. The van der Waals surface area contributed by atoms with Crippen LogP contribution >= 0.6 is 0 Å². The van der Waals surface area contributed by atoms with Crippen LogP contribution in [-0.2, 0) is 27.5 Å². The summed E-state index contributed by atoms with van der Waals surface area (Å²) in [7, 11) is -2.80. The van der Waals surface area contributed by atoms with Gasteiger partial charge in [-0.1, -0.05) is 54.1 Å². The summed E-state index contributed by atoms with van der Waals surface area (Å²) in [5.74, 6) is -0.563. The maximum absolute atomic E-state index is 13.4. The summed E-state index contributed by atoms with van der Waals surface area (Å²) >= 11 is 0. The molecule has 0 spiro atoms. The Morgan fingerprint density at radius 3 is 2.15 bits per heavy atom. The molecule has 1 amide bonds. The zero-order valence-corrected chi connectivity index (χ0v) is 18.9. The average molecular weight is 477 g/mol. The molecule has 3 rings (SSSR count). The molecule has 9 heteroatoms. The van der Waals surface area contributed by atoms with Gasteiger partial charge < -0.3 is 4.90 Å². The number of sulfonamides is 1. The maximum Gasteiger partial charge on any atom is 0.416 e. The average Bonchev–Trinajstić information content (AvgIpc) is 2.77. The second-order valence-electron chi connectivity index (χ2n) is 7.61. The van der Waals surface area contributed by atoms with Gasteiger partial charge in [-0.25, -0.2) is 8.42 Å². The summed E-state index contributed by atoms with van der Waals surface area (Å²) in [5, 5.41) is 0. The molecule has 0 aromatic heterocycles. The van der Waals surface area contributed by atoms with Gasteiger partial charge in [-0.3, -0.25) is 9.10 Å². The Hall–Kier alpha value is -3.33. The number of benzene rings is 3. The molecule has 0 aliphatic rings. The van der Waals surface area contributed by atoms with Crippen molar-refractivity contribution in [3.05, 3.63) is 95.6 Å². The van der Waals surface area contributed by atoms with Crippen LogP contribution in [0.2, 0.25) is 0 Å². The predicted octanol–water partition coefficient (Wildman–Crippen LogP) is 4.87. The number of nitrogens with zero attached hydrogens (tertiary/aromatic N) is 2. The summed E-state index contributed by atoms with van der Waals surface area (Å²) in [4.78, 5) is 14.2. The Kier molecular flexibility index (Phi) is 7.12. The third kappa shape index (κ3) is 5.92.